The van der Waals surface area contributed by atoms with E-state index in [2.05, 4.69) is 10.6 Å². The molecule has 5 N–H and O–H groups in total. The molecule has 0 aliphatic rings. The molecule has 0 saturated carbocycles. The summed E-state index contributed by atoms with van der Waals surface area (Å²) in [6.07, 6.45) is -0.157. The summed E-state index contributed by atoms with van der Waals surface area (Å²) < 4.78 is 0. The quantitative estimate of drug-likeness (QED) is 0.299. The minimum atomic E-state index is -0.799. The second-order valence-corrected chi connectivity index (χ2v) is 9.39. The molecule has 0 aromatic heterocycles. The fourth-order valence-electron chi connectivity index (χ4n) is 3.74. The lowest BCUT2D eigenvalue weighted by molar-refractivity contribution is 0.0950. The molecule has 3 rings (SSSR count). The molecule has 3 aromatic rings. The highest BCUT2D eigenvalue weighted by Crippen LogP contribution is 2.23. The number of aromatic hydroxyl groups is 1. The summed E-state index contributed by atoms with van der Waals surface area (Å²) in [5, 5.41) is 36.5. The number of rotatable bonds is 10. The van der Waals surface area contributed by atoms with E-state index in [1.807, 2.05) is 50.2 Å². The first-order valence-electron chi connectivity index (χ1n) is 11.1. The first-order chi connectivity index (χ1) is 16.2. The van der Waals surface area contributed by atoms with Crippen molar-refractivity contribution in [2.75, 3.05) is 6.54 Å². The number of β-amino-alcohol motifs (C(OH)–C–C–N with tert-alkyl or cyclic N) is 1. The van der Waals surface area contributed by atoms with Crippen molar-refractivity contribution in [3.63, 3.8) is 0 Å². The molecule has 1 atom stereocenters. The summed E-state index contributed by atoms with van der Waals surface area (Å²) in [5.41, 5.74) is 3.05. The third kappa shape index (κ3) is 7.05. The van der Waals surface area contributed by atoms with E-state index in [0.29, 0.717) is 41.2 Å². The molecule has 0 spiro atoms. The molecule has 0 bridgehead atoms. The van der Waals surface area contributed by atoms with Crippen LogP contribution in [-0.2, 0) is 19.6 Å². The molecule has 0 fully saturated rings. The Hall–Kier alpha value is -2.90. The largest absolute Gasteiger partial charge is 0.508 e. The highest BCUT2D eigenvalue weighted by Gasteiger charge is 2.21. The number of halogens is 1. The van der Waals surface area contributed by atoms with Crippen LogP contribution in [0.2, 0.25) is 5.02 Å². The number of amides is 1. The summed E-state index contributed by atoms with van der Waals surface area (Å²) in [7, 11) is 0. The third-order valence-electron chi connectivity index (χ3n) is 5.67. The van der Waals surface area contributed by atoms with E-state index in [9.17, 15) is 20.1 Å². The fraction of sp³-hybridized carbons (Fsp3) is 0.296. The summed E-state index contributed by atoms with van der Waals surface area (Å²) in [6.45, 7) is 4.40. The van der Waals surface area contributed by atoms with Gasteiger partial charge >= 0.3 is 0 Å². The maximum atomic E-state index is 12.7. The zero-order valence-corrected chi connectivity index (χ0v) is 20.1. The van der Waals surface area contributed by atoms with Crippen LogP contribution in [0.5, 0.6) is 5.75 Å². The number of benzene rings is 3. The van der Waals surface area contributed by atoms with E-state index in [4.69, 9.17) is 11.6 Å². The Bertz CT molecular complexity index is 1130. The molecule has 6 nitrogen and oxygen atoms in total. The van der Waals surface area contributed by atoms with Crippen molar-refractivity contribution < 1.29 is 20.1 Å². The smallest absolute Gasteiger partial charge is 0.251 e. The Morgan fingerprint density at radius 3 is 2.53 bits per heavy atom. The Balaban J connectivity index is 1.58. The first-order valence-corrected chi connectivity index (χ1v) is 11.5. The highest BCUT2D eigenvalue weighted by molar-refractivity contribution is 6.31. The first kappa shape index (κ1) is 25.7. The molecule has 0 unspecified atom stereocenters. The predicted molar refractivity (Wildman–Crippen MR) is 134 cm³/mol. The van der Waals surface area contributed by atoms with Gasteiger partial charge in [-0.15, -0.1) is 0 Å². The van der Waals surface area contributed by atoms with Gasteiger partial charge in [0.05, 0.1) is 12.7 Å². The second kappa shape index (κ2) is 11.5. The molecular weight excluding hydrogens is 452 g/mol. The van der Waals surface area contributed by atoms with Gasteiger partial charge in [0.15, 0.2) is 0 Å². The van der Waals surface area contributed by atoms with Crippen LogP contribution < -0.4 is 10.6 Å². The number of phenols is 1. The van der Waals surface area contributed by atoms with Crippen molar-refractivity contribution in [1.82, 2.24) is 10.6 Å². The number of aliphatic hydroxyl groups is 2. The van der Waals surface area contributed by atoms with Gasteiger partial charge in [0.25, 0.3) is 5.91 Å². The van der Waals surface area contributed by atoms with Gasteiger partial charge < -0.3 is 26.0 Å². The minimum Gasteiger partial charge on any atom is -0.508 e. The topological polar surface area (TPSA) is 102 Å². The lowest BCUT2D eigenvalue weighted by atomic mass is 9.93. The Morgan fingerprint density at radius 1 is 1.03 bits per heavy atom. The predicted octanol–water partition coefficient (Wildman–Crippen LogP) is 4.11. The maximum absolute atomic E-state index is 12.7. The van der Waals surface area contributed by atoms with Crippen LogP contribution >= 0.6 is 11.6 Å². The number of hydrogen-bond donors (Lipinski definition) is 5. The van der Waals surface area contributed by atoms with E-state index in [0.717, 1.165) is 11.1 Å². The van der Waals surface area contributed by atoms with E-state index in [1.165, 1.54) is 6.07 Å². The summed E-state index contributed by atoms with van der Waals surface area (Å²) in [6, 6.07) is 19.6. The van der Waals surface area contributed by atoms with Crippen LogP contribution in [-0.4, -0.2) is 33.3 Å². The van der Waals surface area contributed by atoms with Crippen LogP contribution in [0.4, 0.5) is 0 Å². The molecule has 0 radical (unpaired) electrons. The monoisotopic (exact) mass is 482 g/mol. The lowest BCUT2D eigenvalue weighted by Gasteiger charge is -2.28. The van der Waals surface area contributed by atoms with E-state index in [1.54, 1.807) is 24.3 Å². The second-order valence-electron chi connectivity index (χ2n) is 8.98. The molecule has 1 amide bonds. The maximum Gasteiger partial charge on any atom is 0.251 e. The Morgan fingerprint density at radius 2 is 1.79 bits per heavy atom. The standard InChI is InChI=1S/C27H31ClN2O4/c1-27(2,30-16-25(33)19-10-11-24(32)22(13-19)17-31)14-18-6-5-8-20(12-18)26(34)29-15-21-7-3-4-9-23(21)28/h3-13,25,30-33H,14-17H2,1-2H3,(H,29,34)/t25-/m0/s1. The number of carbonyl (C=O) groups is 1. The fourth-order valence-corrected chi connectivity index (χ4v) is 3.95. The number of nitrogens with one attached hydrogen (secondary N) is 2. The molecule has 0 saturated heterocycles. The Labute approximate surface area is 205 Å². The minimum absolute atomic E-state index is 0.00234. The number of aliphatic hydroxyl groups excluding tert-OH is 2. The third-order valence-corrected chi connectivity index (χ3v) is 6.03. The van der Waals surface area contributed by atoms with Gasteiger partial charge in [-0.1, -0.05) is 48.0 Å². The average Bonchev–Trinajstić information content (AvgIpc) is 2.82. The molecule has 7 heteroatoms. The average molecular weight is 483 g/mol. The van der Waals surface area contributed by atoms with Crippen molar-refractivity contribution in [3.05, 3.63) is 99.6 Å². The van der Waals surface area contributed by atoms with Crippen LogP contribution in [0.3, 0.4) is 0 Å². The summed E-state index contributed by atoms with van der Waals surface area (Å²) >= 11 is 6.17. The zero-order chi connectivity index (χ0) is 24.7. The lowest BCUT2D eigenvalue weighted by Crippen LogP contribution is -2.43. The van der Waals surface area contributed by atoms with Gasteiger partial charge in [0.1, 0.15) is 5.75 Å². The molecule has 34 heavy (non-hydrogen) atoms. The van der Waals surface area contributed by atoms with Crippen molar-refractivity contribution in [3.8, 4) is 5.75 Å². The SMILES string of the molecule is CC(C)(Cc1cccc(C(=O)NCc2ccccc2Cl)c1)NC[C@H](O)c1ccc(O)c(CO)c1. The molecular formula is C27H31ClN2O4. The van der Waals surface area contributed by atoms with Crippen molar-refractivity contribution in [1.29, 1.82) is 0 Å². The van der Waals surface area contributed by atoms with Gasteiger partial charge in [-0.2, -0.15) is 0 Å². The number of carbonyl (C=O) groups excluding carboxylic acids is 1. The molecule has 0 aliphatic carbocycles. The van der Waals surface area contributed by atoms with Gasteiger partial charge in [-0.3, -0.25) is 4.79 Å². The van der Waals surface area contributed by atoms with Crippen molar-refractivity contribution in [2.45, 2.75) is 45.1 Å². The Kier molecular flexibility index (Phi) is 8.69. The molecule has 0 aliphatic heterocycles. The van der Waals surface area contributed by atoms with Gasteiger partial charge in [0.2, 0.25) is 0 Å². The number of hydrogen-bond acceptors (Lipinski definition) is 5. The van der Waals surface area contributed by atoms with Gasteiger partial charge in [0, 0.05) is 34.8 Å². The highest BCUT2D eigenvalue weighted by atomic mass is 35.5. The van der Waals surface area contributed by atoms with Crippen LogP contribution in [0.15, 0.2) is 66.7 Å². The van der Waals surface area contributed by atoms with Crippen molar-refractivity contribution in [2.24, 2.45) is 0 Å². The summed E-state index contributed by atoms with van der Waals surface area (Å²) in [4.78, 5) is 12.7. The molecule has 3 aromatic carbocycles. The molecule has 180 valence electrons. The van der Waals surface area contributed by atoms with Crippen LogP contribution in [0.1, 0.15) is 52.6 Å². The van der Waals surface area contributed by atoms with Crippen molar-refractivity contribution >= 4 is 17.5 Å². The zero-order valence-electron chi connectivity index (χ0n) is 19.4. The normalized spacial score (nSPS) is 12.4. The van der Waals surface area contributed by atoms with Crippen LogP contribution in [0, 0.1) is 0 Å². The van der Waals surface area contributed by atoms with Gasteiger partial charge in [-0.25, -0.2) is 0 Å². The van der Waals surface area contributed by atoms with Crippen LogP contribution in [0.25, 0.3) is 0 Å². The molecule has 0 heterocycles. The summed E-state index contributed by atoms with van der Waals surface area (Å²) in [5.74, 6) is -0.169. The van der Waals surface area contributed by atoms with E-state index < -0.39 is 6.10 Å². The van der Waals surface area contributed by atoms with E-state index >= 15 is 0 Å². The van der Waals surface area contributed by atoms with E-state index in [-0.39, 0.29) is 23.8 Å². The van der Waals surface area contributed by atoms with Gasteiger partial charge in [-0.05, 0) is 67.3 Å².